The highest BCUT2D eigenvalue weighted by Gasteiger charge is 2.50. The normalized spacial score (nSPS) is 30.9. The lowest BCUT2D eigenvalue weighted by Gasteiger charge is -2.57. The zero-order valence-corrected chi connectivity index (χ0v) is 20.8. The minimum absolute atomic E-state index is 0.148. The van der Waals surface area contributed by atoms with E-state index in [1.165, 1.54) is 61.0 Å². The first-order valence-electron chi connectivity index (χ1n) is 11.8. The molecule has 0 atom stereocenters. The first-order valence-corrected chi connectivity index (χ1v) is 14.0. The lowest BCUT2D eigenvalue weighted by Crippen LogP contribution is -2.49. The van der Waals surface area contributed by atoms with E-state index in [9.17, 15) is 8.42 Å². The Balaban J connectivity index is 1.20. The van der Waals surface area contributed by atoms with Crippen molar-refractivity contribution < 1.29 is 8.42 Å². The van der Waals surface area contributed by atoms with Gasteiger partial charge in [-0.1, -0.05) is 23.2 Å². The van der Waals surface area contributed by atoms with Gasteiger partial charge in [0.2, 0.25) is 10.0 Å². The Morgan fingerprint density at radius 2 is 1.73 bits per heavy atom. The fraction of sp³-hybridized carbons (Fsp3) is 0.583. The van der Waals surface area contributed by atoms with Gasteiger partial charge in [-0.15, -0.1) is 0 Å². The van der Waals surface area contributed by atoms with Gasteiger partial charge >= 0.3 is 0 Å². The molecule has 33 heavy (non-hydrogen) atoms. The van der Waals surface area contributed by atoms with Crippen molar-refractivity contribution in [1.29, 1.82) is 0 Å². The van der Waals surface area contributed by atoms with Crippen LogP contribution in [0.5, 0.6) is 0 Å². The van der Waals surface area contributed by atoms with Gasteiger partial charge in [0.25, 0.3) is 0 Å². The van der Waals surface area contributed by atoms with Gasteiger partial charge in [-0.05, 0) is 86.3 Å². The summed E-state index contributed by atoms with van der Waals surface area (Å²) in [5.74, 6) is 3.62. The number of aromatic nitrogens is 2. The Bertz CT molecular complexity index is 1170. The average Bonchev–Trinajstić information content (AvgIpc) is 2.78. The second-order valence-corrected chi connectivity index (χ2v) is 13.3. The molecular weight excluding hydrogens is 479 g/mol. The first kappa shape index (κ1) is 22.1. The van der Waals surface area contributed by atoms with Crippen molar-refractivity contribution in [2.75, 3.05) is 18.4 Å². The van der Waals surface area contributed by atoms with Crippen molar-refractivity contribution in [2.24, 2.45) is 23.2 Å². The number of nitrogens with zero attached hydrogens (tertiary/aromatic N) is 3. The molecule has 4 aliphatic carbocycles. The Morgan fingerprint density at radius 3 is 2.39 bits per heavy atom. The van der Waals surface area contributed by atoms with Gasteiger partial charge < -0.3 is 5.32 Å². The molecule has 1 N–H and O–H groups in total. The summed E-state index contributed by atoms with van der Waals surface area (Å²) in [5, 5.41) is 4.24. The molecule has 0 spiro atoms. The van der Waals surface area contributed by atoms with Crippen LogP contribution in [0.25, 0.3) is 0 Å². The molecule has 6 nitrogen and oxygen atoms in total. The summed E-state index contributed by atoms with van der Waals surface area (Å²) in [7, 11) is -3.69. The van der Waals surface area contributed by atoms with Gasteiger partial charge in [0.15, 0.2) is 0 Å². The van der Waals surface area contributed by atoms with Crippen molar-refractivity contribution in [3.8, 4) is 0 Å². The zero-order chi connectivity index (χ0) is 22.8. The lowest BCUT2D eigenvalue weighted by molar-refractivity contribution is -0.0444. The number of rotatable bonds is 5. The Labute approximate surface area is 205 Å². The van der Waals surface area contributed by atoms with Crippen LogP contribution in [-0.2, 0) is 23.0 Å². The van der Waals surface area contributed by atoms with Gasteiger partial charge in [0, 0.05) is 18.7 Å². The summed E-state index contributed by atoms with van der Waals surface area (Å²) >= 11 is 12.0. The third-order valence-electron chi connectivity index (χ3n) is 8.30. The lowest BCUT2D eigenvalue weighted by atomic mass is 9.49. The van der Waals surface area contributed by atoms with Crippen LogP contribution in [-0.4, -0.2) is 35.8 Å². The standard InChI is InChI=1S/C24H28Cl2N4O2S/c25-20-2-1-18(8-21(20)26)33(31,32)30-4-3-19-22(12-30)28-14-29-23(19)27-13-24-9-15-5-16(10-24)7-17(6-15)11-24/h1-2,8,14-17H,3-7,9-13H2,(H,27,28,29). The number of anilines is 1. The molecule has 4 bridgehead atoms. The highest BCUT2D eigenvalue weighted by molar-refractivity contribution is 7.89. The third-order valence-corrected chi connectivity index (χ3v) is 10.9. The second-order valence-electron chi connectivity index (χ2n) is 10.6. The van der Waals surface area contributed by atoms with Crippen LogP contribution in [0.1, 0.15) is 49.8 Å². The summed E-state index contributed by atoms with van der Waals surface area (Å²) in [5.41, 5.74) is 2.22. The Morgan fingerprint density at radius 1 is 1.03 bits per heavy atom. The monoisotopic (exact) mass is 506 g/mol. The molecule has 0 unspecified atom stereocenters. The SMILES string of the molecule is O=S(=O)(c1ccc(Cl)c(Cl)c1)N1CCc2c(ncnc2NCC23CC4CC(CC(C4)C2)C3)C1. The van der Waals surface area contributed by atoms with E-state index in [1.54, 1.807) is 6.33 Å². The van der Waals surface area contributed by atoms with E-state index >= 15 is 0 Å². The number of fused-ring (bicyclic) bond motifs is 1. The minimum atomic E-state index is -3.69. The molecule has 1 aromatic heterocycles. The molecule has 2 heterocycles. The summed E-state index contributed by atoms with van der Waals surface area (Å²) in [6, 6.07) is 4.42. The molecule has 0 saturated heterocycles. The molecule has 4 saturated carbocycles. The van der Waals surface area contributed by atoms with Crippen LogP contribution < -0.4 is 5.32 Å². The van der Waals surface area contributed by atoms with E-state index in [-0.39, 0.29) is 16.5 Å². The smallest absolute Gasteiger partial charge is 0.243 e. The molecular formula is C24H28Cl2N4O2S. The molecule has 1 aromatic carbocycles. The van der Waals surface area contributed by atoms with Gasteiger partial charge in [-0.25, -0.2) is 18.4 Å². The molecule has 2 aromatic rings. The summed E-state index contributed by atoms with van der Waals surface area (Å²) < 4.78 is 27.9. The van der Waals surface area contributed by atoms with E-state index in [1.807, 2.05) is 0 Å². The predicted octanol–water partition coefficient (Wildman–Crippen LogP) is 5.16. The van der Waals surface area contributed by atoms with Gasteiger partial charge in [0.05, 0.1) is 27.2 Å². The zero-order valence-electron chi connectivity index (χ0n) is 18.4. The molecule has 9 heteroatoms. The maximum Gasteiger partial charge on any atom is 0.243 e. The first-order chi connectivity index (χ1) is 15.8. The van der Waals surface area contributed by atoms with E-state index in [2.05, 4.69) is 15.3 Å². The quantitative estimate of drug-likeness (QED) is 0.605. The van der Waals surface area contributed by atoms with Gasteiger partial charge in [-0.2, -0.15) is 4.31 Å². The molecule has 7 rings (SSSR count). The van der Waals surface area contributed by atoms with Crippen LogP contribution in [0.2, 0.25) is 10.0 Å². The minimum Gasteiger partial charge on any atom is -0.369 e. The summed E-state index contributed by atoms with van der Waals surface area (Å²) in [6.45, 7) is 1.58. The number of benzene rings is 1. The fourth-order valence-electron chi connectivity index (χ4n) is 7.25. The van der Waals surface area contributed by atoms with Crippen LogP contribution in [0.3, 0.4) is 0 Å². The van der Waals surface area contributed by atoms with E-state index in [0.29, 0.717) is 23.4 Å². The van der Waals surface area contributed by atoms with Crippen LogP contribution in [0.15, 0.2) is 29.4 Å². The maximum atomic E-state index is 13.2. The summed E-state index contributed by atoms with van der Waals surface area (Å²) in [6.07, 6.45) is 10.5. The van der Waals surface area contributed by atoms with Crippen molar-refractivity contribution >= 4 is 39.0 Å². The molecule has 0 radical (unpaired) electrons. The molecule has 0 amide bonds. The topological polar surface area (TPSA) is 75.2 Å². The largest absolute Gasteiger partial charge is 0.369 e. The Hall–Kier alpha value is -1.41. The highest BCUT2D eigenvalue weighted by Crippen LogP contribution is 2.60. The van der Waals surface area contributed by atoms with E-state index in [4.69, 9.17) is 23.2 Å². The number of hydrogen-bond donors (Lipinski definition) is 1. The van der Waals surface area contributed by atoms with E-state index in [0.717, 1.165) is 41.4 Å². The van der Waals surface area contributed by atoms with Crippen LogP contribution >= 0.6 is 23.2 Å². The van der Waals surface area contributed by atoms with Gasteiger partial charge in [0.1, 0.15) is 12.1 Å². The number of halogens is 2. The molecule has 5 aliphatic rings. The summed E-state index contributed by atoms with van der Waals surface area (Å²) in [4.78, 5) is 9.14. The predicted molar refractivity (Wildman–Crippen MR) is 129 cm³/mol. The van der Waals surface area contributed by atoms with E-state index < -0.39 is 10.0 Å². The van der Waals surface area contributed by atoms with Crippen LogP contribution in [0.4, 0.5) is 5.82 Å². The fourth-order valence-corrected chi connectivity index (χ4v) is 9.04. The van der Waals surface area contributed by atoms with Crippen molar-refractivity contribution in [2.45, 2.75) is 56.4 Å². The van der Waals surface area contributed by atoms with Crippen LogP contribution in [0, 0.1) is 23.2 Å². The number of nitrogens with one attached hydrogen (secondary N) is 1. The van der Waals surface area contributed by atoms with Gasteiger partial charge in [-0.3, -0.25) is 0 Å². The highest BCUT2D eigenvalue weighted by atomic mass is 35.5. The van der Waals surface area contributed by atoms with Crippen molar-refractivity contribution in [3.05, 3.63) is 45.8 Å². The molecule has 1 aliphatic heterocycles. The Kier molecular flexibility index (Phi) is 5.40. The van der Waals surface area contributed by atoms with Crippen molar-refractivity contribution in [3.63, 3.8) is 0 Å². The molecule has 4 fully saturated rings. The number of hydrogen-bond acceptors (Lipinski definition) is 5. The number of sulfonamides is 1. The maximum absolute atomic E-state index is 13.2. The molecule has 176 valence electrons. The average molecular weight is 507 g/mol. The third kappa shape index (κ3) is 3.95. The second kappa shape index (κ2) is 8.08. The van der Waals surface area contributed by atoms with Crippen molar-refractivity contribution in [1.82, 2.24) is 14.3 Å².